The maximum Gasteiger partial charge on any atom is 0.377 e. The first kappa shape index (κ1) is 10.4. The van der Waals surface area contributed by atoms with Crippen LogP contribution in [0.25, 0.3) is 11.0 Å². The smallest absolute Gasteiger partial charge is 0.377 e. The molecule has 0 atom stereocenters. The van der Waals surface area contributed by atoms with Crippen molar-refractivity contribution in [2.45, 2.75) is 0 Å². The summed E-state index contributed by atoms with van der Waals surface area (Å²) in [5, 5.41) is 10.2. The van der Waals surface area contributed by atoms with E-state index in [1.54, 1.807) is 18.2 Å². The Morgan fingerprint density at radius 1 is 1.38 bits per heavy atom. The summed E-state index contributed by atoms with van der Waals surface area (Å²) in [7, 11) is 2.73. The normalized spacial score (nSPS) is 10.4. The predicted octanol–water partition coefficient (Wildman–Crippen LogP) is 1.93. The maximum atomic E-state index is 11.3. The summed E-state index contributed by atoms with van der Waals surface area (Å²) in [5.74, 6) is -0.584. The predicted molar refractivity (Wildman–Crippen MR) is 55.8 cm³/mol. The number of esters is 1. The highest BCUT2D eigenvalue weighted by molar-refractivity contribution is 5.98. The van der Waals surface area contributed by atoms with Crippen molar-refractivity contribution in [2.75, 3.05) is 14.2 Å². The highest BCUT2D eigenvalue weighted by Gasteiger charge is 2.20. The Hall–Kier alpha value is -2.17. The Balaban J connectivity index is 2.64. The van der Waals surface area contributed by atoms with Gasteiger partial charge in [-0.15, -0.1) is 0 Å². The van der Waals surface area contributed by atoms with Crippen molar-refractivity contribution >= 4 is 16.9 Å². The Morgan fingerprint density at radius 3 is 2.75 bits per heavy atom. The summed E-state index contributed by atoms with van der Waals surface area (Å²) < 4.78 is 14.7. The van der Waals surface area contributed by atoms with E-state index in [1.807, 2.05) is 0 Å². The molecular formula is C11H10O5. The third-order valence-electron chi connectivity index (χ3n) is 2.24. The van der Waals surface area contributed by atoms with Crippen LogP contribution in [0.15, 0.2) is 22.6 Å². The van der Waals surface area contributed by atoms with Crippen molar-refractivity contribution < 1.29 is 23.8 Å². The van der Waals surface area contributed by atoms with Gasteiger partial charge in [-0.25, -0.2) is 4.79 Å². The topological polar surface area (TPSA) is 68.9 Å². The molecule has 84 valence electrons. The van der Waals surface area contributed by atoms with Gasteiger partial charge < -0.3 is 19.0 Å². The van der Waals surface area contributed by atoms with E-state index >= 15 is 0 Å². The van der Waals surface area contributed by atoms with Crippen LogP contribution in [0, 0.1) is 0 Å². The van der Waals surface area contributed by atoms with E-state index in [4.69, 9.17) is 9.15 Å². The molecule has 16 heavy (non-hydrogen) atoms. The molecule has 5 nitrogen and oxygen atoms in total. The van der Waals surface area contributed by atoms with Crippen molar-refractivity contribution in [3.8, 4) is 11.5 Å². The Kier molecular flexibility index (Phi) is 2.44. The van der Waals surface area contributed by atoms with Crippen LogP contribution in [0.2, 0.25) is 0 Å². The molecule has 0 bridgehead atoms. The van der Waals surface area contributed by atoms with E-state index in [1.165, 1.54) is 14.2 Å². The minimum absolute atomic E-state index is 0.203. The molecule has 0 amide bonds. The molecule has 0 saturated carbocycles. The average molecular weight is 222 g/mol. The van der Waals surface area contributed by atoms with Crippen molar-refractivity contribution in [2.24, 2.45) is 0 Å². The van der Waals surface area contributed by atoms with Gasteiger partial charge in [-0.2, -0.15) is 0 Å². The second-order valence-corrected chi connectivity index (χ2v) is 3.13. The van der Waals surface area contributed by atoms with Crippen LogP contribution in [0.1, 0.15) is 10.6 Å². The van der Waals surface area contributed by atoms with Crippen LogP contribution >= 0.6 is 0 Å². The standard InChI is InChI=1S/C11H10O5/c1-14-6-3-4-8-7(5-6)9(12)10(16-8)11(13)15-2/h3-5,12H,1-2H3. The zero-order valence-electron chi connectivity index (χ0n) is 8.81. The van der Waals surface area contributed by atoms with E-state index < -0.39 is 5.97 Å². The number of fused-ring (bicyclic) bond motifs is 1. The quantitative estimate of drug-likeness (QED) is 0.786. The summed E-state index contributed by atoms with van der Waals surface area (Å²) in [6, 6.07) is 4.87. The van der Waals surface area contributed by atoms with Crippen LogP contribution in [0.5, 0.6) is 11.5 Å². The number of ether oxygens (including phenoxy) is 2. The van der Waals surface area contributed by atoms with Gasteiger partial charge in [-0.1, -0.05) is 0 Å². The van der Waals surface area contributed by atoms with Crippen molar-refractivity contribution in [1.29, 1.82) is 0 Å². The molecule has 2 aromatic rings. The molecule has 0 fully saturated rings. The molecule has 1 aromatic carbocycles. The third-order valence-corrected chi connectivity index (χ3v) is 2.24. The number of benzene rings is 1. The molecular weight excluding hydrogens is 212 g/mol. The van der Waals surface area contributed by atoms with Crippen LogP contribution < -0.4 is 4.74 Å². The van der Waals surface area contributed by atoms with Gasteiger partial charge in [0.25, 0.3) is 5.76 Å². The molecule has 0 aliphatic carbocycles. The zero-order chi connectivity index (χ0) is 11.7. The van der Waals surface area contributed by atoms with E-state index in [2.05, 4.69) is 4.74 Å². The summed E-state index contributed by atoms with van der Waals surface area (Å²) in [5.41, 5.74) is 0.402. The molecule has 0 aliphatic heterocycles. The van der Waals surface area contributed by atoms with Gasteiger partial charge in [-0.3, -0.25) is 0 Å². The molecule has 1 aromatic heterocycles. The van der Waals surface area contributed by atoms with Crippen LogP contribution in [0.3, 0.4) is 0 Å². The number of rotatable bonds is 2. The fourth-order valence-corrected chi connectivity index (χ4v) is 1.42. The highest BCUT2D eigenvalue weighted by Crippen LogP contribution is 2.34. The SMILES string of the molecule is COC(=O)c1oc2ccc(OC)cc2c1O. The van der Waals surface area contributed by atoms with Crippen molar-refractivity contribution in [1.82, 2.24) is 0 Å². The second kappa shape index (κ2) is 3.77. The van der Waals surface area contributed by atoms with E-state index in [9.17, 15) is 9.90 Å². The maximum absolute atomic E-state index is 11.3. The summed E-state index contributed by atoms with van der Waals surface area (Å²) in [4.78, 5) is 11.3. The molecule has 0 radical (unpaired) electrons. The molecule has 0 unspecified atom stereocenters. The number of aromatic hydroxyl groups is 1. The van der Waals surface area contributed by atoms with Crippen LogP contribution in [-0.2, 0) is 4.74 Å². The number of hydrogen-bond donors (Lipinski definition) is 1. The summed E-state index contributed by atoms with van der Waals surface area (Å²) in [6.07, 6.45) is 0. The third kappa shape index (κ3) is 1.46. The Morgan fingerprint density at radius 2 is 2.12 bits per heavy atom. The van der Waals surface area contributed by atoms with Gasteiger partial charge >= 0.3 is 5.97 Å². The number of methoxy groups -OCH3 is 2. The number of furan rings is 1. The lowest BCUT2D eigenvalue weighted by atomic mass is 10.2. The molecule has 5 heteroatoms. The summed E-state index contributed by atoms with van der Waals surface area (Å²) in [6.45, 7) is 0. The number of carbonyl (C=O) groups is 1. The number of hydrogen-bond acceptors (Lipinski definition) is 5. The molecule has 0 saturated heterocycles. The summed E-state index contributed by atoms with van der Waals surface area (Å²) >= 11 is 0. The molecule has 2 rings (SSSR count). The average Bonchev–Trinajstić information content (AvgIpc) is 2.65. The van der Waals surface area contributed by atoms with Crippen LogP contribution in [0.4, 0.5) is 0 Å². The largest absolute Gasteiger partial charge is 0.504 e. The minimum atomic E-state index is -0.715. The second-order valence-electron chi connectivity index (χ2n) is 3.13. The van der Waals surface area contributed by atoms with E-state index in [-0.39, 0.29) is 11.5 Å². The zero-order valence-corrected chi connectivity index (χ0v) is 8.81. The molecule has 0 spiro atoms. The Labute approximate surface area is 91.2 Å². The van der Waals surface area contributed by atoms with E-state index in [0.29, 0.717) is 16.7 Å². The highest BCUT2D eigenvalue weighted by atomic mass is 16.5. The first-order valence-corrected chi connectivity index (χ1v) is 4.55. The first-order valence-electron chi connectivity index (χ1n) is 4.55. The minimum Gasteiger partial charge on any atom is -0.504 e. The first-order chi connectivity index (χ1) is 7.67. The molecule has 1 heterocycles. The van der Waals surface area contributed by atoms with Gasteiger partial charge in [0.2, 0.25) is 0 Å². The monoisotopic (exact) mass is 222 g/mol. The van der Waals surface area contributed by atoms with Gasteiger partial charge in [0.15, 0.2) is 5.75 Å². The van der Waals surface area contributed by atoms with Crippen LogP contribution in [-0.4, -0.2) is 25.3 Å². The lowest BCUT2D eigenvalue weighted by Crippen LogP contribution is -1.98. The number of carbonyl (C=O) groups excluding carboxylic acids is 1. The van der Waals surface area contributed by atoms with Crippen molar-refractivity contribution in [3.63, 3.8) is 0 Å². The van der Waals surface area contributed by atoms with E-state index in [0.717, 1.165) is 0 Å². The van der Waals surface area contributed by atoms with Gasteiger partial charge in [0.1, 0.15) is 11.3 Å². The molecule has 0 aliphatic rings. The fourth-order valence-electron chi connectivity index (χ4n) is 1.42. The molecule has 1 N–H and O–H groups in total. The van der Waals surface area contributed by atoms with Crippen molar-refractivity contribution in [3.05, 3.63) is 24.0 Å². The van der Waals surface area contributed by atoms with Gasteiger partial charge in [0, 0.05) is 0 Å². The Bertz CT molecular complexity index is 541. The van der Waals surface area contributed by atoms with Gasteiger partial charge in [0.05, 0.1) is 19.6 Å². The lowest BCUT2D eigenvalue weighted by molar-refractivity contribution is 0.0563. The lowest BCUT2D eigenvalue weighted by Gasteiger charge is -1.97. The van der Waals surface area contributed by atoms with Gasteiger partial charge in [-0.05, 0) is 18.2 Å². The fraction of sp³-hybridized carbons (Fsp3) is 0.182.